The van der Waals surface area contributed by atoms with Gasteiger partial charge in [0, 0.05) is 15.4 Å². The van der Waals surface area contributed by atoms with E-state index in [2.05, 4.69) is 63.5 Å². The van der Waals surface area contributed by atoms with E-state index in [0.29, 0.717) is 6.04 Å². The van der Waals surface area contributed by atoms with E-state index in [0.717, 1.165) is 20.4 Å². The van der Waals surface area contributed by atoms with Crippen LogP contribution in [-0.4, -0.2) is 16.7 Å². The minimum Gasteiger partial charge on any atom is -0.310 e. The van der Waals surface area contributed by atoms with Crippen LogP contribution in [0.5, 0.6) is 0 Å². The minimum atomic E-state index is 0.319. The van der Waals surface area contributed by atoms with Gasteiger partial charge in [-0.2, -0.15) is 0 Å². The SMILES string of the molecule is CCNC(C)c1cc(Br)ccc1Sc1nnc(C)s1. The Morgan fingerprint density at radius 1 is 1.42 bits per heavy atom. The van der Waals surface area contributed by atoms with Crippen molar-refractivity contribution in [2.45, 2.75) is 36.0 Å². The summed E-state index contributed by atoms with van der Waals surface area (Å²) in [6, 6.07) is 6.69. The van der Waals surface area contributed by atoms with Crippen LogP contribution in [0.1, 0.15) is 30.5 Å². The number of nitrogens with one attached hydrogen (secondary N) is 1. The molecule has 1 unspecified atom stereocenters. The summed E-state index contributed by atoms with van der Waals surface area (Å²) in [6.07, 6.45) is 0. The number of aryl methyl sites for hydroxylation is 1. The zero-order chi connectivity index (χ0) is 13.8. The summed E-state index contributed by atoms with van der Waals surface area (Å²) in [5, 5.41) is 12.7. The third-order valence-electron chi connectivity index (χ3n) is 2.65. The average Bonchev–Trinajstić information content (AvgIpc) is 2.77. The number of halogens is 1. The Kier molecular flexibility index (Phi) is 5.38. The molecular weight excluding hydrogens is 342 g/mol. The zero-order valence-corrected chi connectivity index (χ0v) is 14.3. The summed E-state index contributed by atoms with van der Waals surface area (Å²) in [4.78, 5) is 1.23. The molecule has 3 nitrogen and oxygen atoms in total. The first-order chi connectivity index (χ1) is 9.10. The first-order valence-corrected chi connectivity index (χ1v) is 8.53. The van der Waals surface area contributed by atoms with E-state index in [4.69, 9.17) is 0 Å². The maximum absolute atomic E-state index is 4.18. The molecule has 1 atom stereocenters. The van der Waals surface area contributed by atoms with Crippen LogP contribution in [0.3, 0.4) is 0 Å². The highest BCUT2D eigenvalue weighted by molar-refractivity contribution is 9.10. The Morgan fingerprint density at radius 2 is 2.21 bits per heavy atom. The van der Waals surface area contributed by atoms with Crippen molar-refractivity contribution in [1.82, 2.24) is 15.5 Å². The van der Waals surface area contributed by atoms with Crippen LogP contribution in [0.15, 0.2) is 31.9 Å². The summed E-state index contributed by atoms with van der Waals surface area (Å²) in [5.41, 5.74) is 1.29. The normalized spacial score (nSPS) is 12.6. The molecule has 0 fully saturated rings. The zero-order valence-electron chi connectivity index (χ0n) is 11.1. The molecule has 1 aromatic heterocycles. The third-order valence-corrected chi connectivity index (χ3v) is 5.13. The Balaban J connectivity index is 2.28. The van der Waals surface area contributed by atoms with Crippen LogP contribution >= 0.6 is 39.0 Å². The summed E-state index contributed by atoms with van der Waals surface area (Å²) in [7, 11) is 0. The summed E-state index contributed by atoms with van der Waals surface area (Å²) in [6.45, 7) is 7.23. The summed E-state index contributed by atoms with van der Waals surface area (Å²) in [5.74, 6) is 0. The third kappa shape index (κ3) is 4.02. The van der Waals surface area contributed by atoms with E-state index < -0.39 is 0 Å². The summed E-state index contributed by atoms with van der Waals surface area (Å²) >= 11 is 6.85. The van der Waals surface area contributed by atoms with Gasteiger partial charge in [0.05, 0.1) is 0 Å². The second kappa shape index (κ2) is 6.83. The first kappa shape index (κ1) is 15.0. The molecule has 1 N–H and O–H groups in total. The van der Waals surface area contributed by atoms with E-state index in [1.165, 1.54) is 10.5 Å². The molecule has 0 radical (unpaired) electrons. The maximum Gasteiger partial charge on any atom is 0.179 e. The molecule has 102 valence electrons. The number of nitrogens with zero attached hydrogens (tertiary/aromatic N) is 2. The van der Waals surface area contributed by atoms with Crippen molar-refractivity contribution in [2.75, 3.05) is 6.54 Å². The fourth-order valence-electron chi connectivity index (χ4n) is 1.78. The van der Waals surface area contributed by atoms with Gasteiger partial charge in [-0.1, -0.05) is 46.0 Å². The quantitative estimate of drug-likeness (QED) is 0.858. The van der Waals surface area contributed by atoms with Gasteiger partial charge >= 0.3 is 0 Å². The number of rotatable bonds is 5. The minimum absolute atomic E-state index is 0.319. The second-order valence-electron chi connectivity index (χ2n) is 4.15. The van der Waals surface area contributed by atoms with Crippen LogP contribution in [0.25, 0.3) is 0 Å². The molecular formula is C13H16BrN3S2. The molecule has 0 amide bonds. The molecule has 0 saturated carbocycles. The highest BCUT2D eigenvalue weighted by atomic mass is 79.9. The van der Waals surface area contributed by atoms with Crippen molar-refractivity contribution < 1.29 is 0 Å². The van der Waals surface area contributed by atoms with Crippen molar-refractivity contribution in [1.29, 1.82) is 0 Å². The number of benzene rings is 1. The van der Waals surface area contributed by atoms with E-state index >= 15 is 0 Å². The van der Waals surface area contributed by atoms with Crippen LogP contribution < -0.4 is 5.32 Å². The lowest BCUT2D eigenvalue weighted by molar-refractivity contribution is 0.589. The second-order valence-corrected chi connectivity index (χ2v) is 7.54. The Hall–Kier alpha value is -0.430. The molecule has 0 aliphatic rings. The molecule has 0 spiro atoms. The van der Waals surface area contributed by atoms with E-state index in [-0.39, 0.29) is 0 Å². The van der Waals surface area contributed by atoms with Gasteiger partial charge in [-0.3, -0.25) is 0 Å². The maximum atomic E-state index is 4.18. The van der Waals surface area contributed by atoms with Gasteiger partial charge < -0.3 is 5.32 Å². The molecule has 1 heterocycles. The van der Waals surface area contributed by atoms with Gasteiger partial charge in [0.2, 0.25) is 0 Å². The molecule has 2 aromatic rings. The highest BCUT2D eigenvalue weighted by Gasteiger charge is 2.13. The highest BCUT2D eigenvalue weighted by Crippen LogP contribution is 2.36. The number of hydrogen-bond donors (Lipinski definition) is 1. The lowest BCUT2D eigenvalue weighted by Gasteiger charge is -2.16. The van der Waals surface area contributed by atoms with Crippen LogP contribution in [0.2, 0.25) is 0 Å². The molecule has 0 saturated heterocycles. The van der Waals surface area contributed by atoms with Crippen molar-refractivity contribution in [3.63, 3.8) is 0 Å². The molecule has 19 heavy (non-hydrogen) atoms. The summed E-state index contributed by atoms with van der Waals surface area (Å²) < 4.78 is 2.09. The molecule has 1 aromatic carbocycles. The van der Waals surface area contributed by atoms with Gasteiger partial charge in [-0.05, 0) is 44.2 Å². The van der Waals surface area contributed by atoms with E-state index in [9.17, 15) is 0 Å². The van der Waals surface area contributed by atoms with Crippen LogP contribution in [-0.2, 0) is 0 Å². The first-order valence-electron chi connectivity index (χ1n) is 6.11. The fraction of sp³-hybridized carbons (Fsp3) is 0.385. The molecule has 0 aliphatic carbocycles. The van der Waals surface area contributed by atoms with Crippen molar-refractivity contribution in [3.8, 4) is 0 Å². The van der Waals surface area contributed by atoms with Crippen molar-refractivity contribution in [2.24, 2.45) is 0 Å². The van der Waals surface area contributed by atoms with E-state index in [1.54, 1.807) is 23.1 Å². The predicted molar refractivity (Wildman–Crippen MR) is 85.0 cm³/mol. The predicted octanol–water partition coefficient (Wildman–Crippen LogP) is 4.43. The Labute approximate surface area is 130 Å². The van der Waals surface area contributed by atoms with E-state index in [1.807, 2.05) is 6.92 Å². The van der Waals surface area contributed by atoms with Crippen LogP contribution in [0.4, 0.5) is 0 Å². The molecule has 0 aliphatic heterocycles. The monoisotopic (exact) mass is 357 g/mol. The smallest absolute Gasteiger partial charge is 0.179 e. The molecule has 0 bridgehead atoms. The van der Waals surface area contributed by atoms with Crippen molar-refractivity contribution >= 4 is 39.0 Å². The molecule has 2 rings (SSSR count). The largest absolute Gasteiger partial charge is 0.310 e. The van der Waals surface area contributed by atoms with Gasteiger partial charge in [0.25, 0.3) is 0 Å². The Morgan fingerprint density at radius 3 is 2.84 bits per heavy atom. The number of aromatic nitrogens is 2. The molecule has 6 heteroatoms. The fourth-order valence-corrected chi connectivity index (χ4v) is 4.13. The lowest BCUT2D eigenvalue weighted by Crippen LogP contribution is -2.18. The van der Waals surface area contributed by atoms with Gasteiger partial charge in [-0.15, -0.1) is 10.2 Å². The average molecular weight is 358 g/mol. The Bertz CT molecular complexity index is 557. The van der Waals surface area contributed by atoms with Crippen molar-refractivity contribution in [3.05, 3.63) is 33.2 Å². The standard InChI is InChI=1S/C13H16BrN3S2/c1-4-15-8(2)11-7-10(14)5-6-12(11)19-13-17-16-9(3)18-13/h5-8,15H,4H2,1-3H3. The van der Waals surface area contributed by atoms with Gasteiger partial charge in [-0.25, -0.2) is 0 Å². The van der Waals surface area contributed by atoms with Gasteiger partial charge in [0.1, 0.15) is 5.01 Å². The lowest BCUT2D eigenvalue weighted by atomic mass is 10.1. The van der Waals surface area contributed by atoms with Gasteiger partial charge in [0.15, 0.2) is 4.34 Å². The van der Waals surface area contributed by atoms with Crippen LogP contribution in [0, 0.1) is 6.92 Å². The number of hydrogen-bond acceptors (Lipinski definition) is 5. The topological polar surface area (TPSA) is 37.8 Å².